The zero-order chi connectivity index (χ0) is 13.7. The molecule has 0 bridgehead atoms. The molecule has 1 heterocycles. The molecular weight excluding hydrogens is 248 g/mol. The highest BCUT2D eigenvalue weighted by atomic mass is 19.1. The van der Waals surface area contributed by atoms with Crippen LogP contribution in [0.25, 0.3) is 0 Å². The number of hydrogen-bond donors (Lipinski definition) is 2. The molecule has 0 unspecified atom stereocenters. The van der Waals surface area contributed by atoms with Crippen molar-refractivity contribution in [2.24, 2.45) is 0 Å². The van der Waals surface area contributed by atoms with Gasteiger partial charge in [-0.05, 0) is 35.3 Å². The predicted octanol–water partition coefficient (Wildman–Crippen LogP) is 0.522. The third-order valence-electron chi connectivity index (χ3n) is 2.65. The lowest BCUT2D eigenvalue weighted by atomic mass is 9.80. The molecule has 4 nitrogen and oxygen atoms in total. The maximum atomic E-state index is 13.5. The largest absolute Gasteiger partial charge is 0.490 e. The van der Waals surface area contributed by atoms with E-state index in [9.17, 15) is 4.39 Å². The number of ether oxygens (including phenoxy) is 1. The van der Waals surface area contributed by atoms with Crippen molar-refractivity contribution in [2.75, 3.05) is 6.61 Å². The molecule has 0 atom stereocenters. The van der Waals surface area contributed by atoms with Gasteiger partial charge in [0.05, 0.1) is 6.61 Å². The minimum absolute atomic E-state index is 0.0136. The minimum atomic E-state index is -1.64. The summed E-state index contributed by atoms with van der Waals surface area (Å²) < 4.78 is 18.8. The molecule has 1 aromatic carbocycles. The highest BCUT2D eigenvalue weighted by Gasteiger charge is 2.14. The predicted molar refractivity (Wildman–Crippen MR) is 69.7 cm³/mol. The van der Waals surface area contributed by atoms with Gasteiger partial charge in [-0.25, -0.2) is 4.39 Å². The molecule has 0 aliphatic heterocycles. The molecule has 0 saturated heterocycles. The number of rotatable bonds is 5. The average molecular weight is 261 g/mol. The van der Waals surface area contributed by atoms with Crippen LogP contribution < -0.4 is 10.2 Å². The van der Waals surface area contributed by atoms with Crippen molar-refractivity contribution in [3.05, 3.63) is 54.1 Å². The maximum absolute atomic E-state index is 13.5. The van der Waals surface area contributed by atoms with Crippen LogP contribution in [0.1, 0.15) is 5.56 Å². The van der Waals surface area contributed by atoms with Gasteiger partial charge in [0.2, 0.25) is 0 Å². The van der Waals surface area contributed by atoms with Gasteiger partial charge in [-0.2, -0.15) is 0 Å². The van der Waals surface area contributed by atoms with Gasteiger partial charge in [-0.3, -0.25) is 4.98 Å². The van der Waals surface area contributed by atoms with Crippen molar-refractivity contribution in [3.63, 3.8) is 0 Å². The zero-order valence-electron chi connectivity index (χ0n) is 10.2. The van der Waals surface area contributed by atoms with Gasteiger partial charge in [0.1, 0.15) is 0 Å². The van der Waals surface area contributed by atoms with E-state index in [0.717, 1.165) is 11.6 Å². The summed E-state index contributed by atoms with van der Waals surface area (Å²) in [6.07, 6.45) is 3.98. The first-order valence-corrected chi connectivity index (χ1v) is 5.84. The standard InChI is InChI=1S/C13H13BFNO3/c15-12-2-1-11(14(17)18)9-13(12)19-8-5-10-3-6-16-7-4-10/h1-4,6-7,9,17-18H,5,8H2. The van der Waals surface area contributed by atoms with E-state index in [1.54, 1.807) is 12.4 Å². The summed E-state index contributed by atoms with van der Waals surface area (Å²) in [6, 6.07) is 7.44. The van der Waals surface area contributed by atoms with E-state index in [2.05, 4.69) is 4.98 Å². The van der Waals surface area contributed by atoms with Crippen molar-refractivity contribution in [3.8, 4) is 5.75 Å². The van der Waals surface area contributed by atoms with E-state index >= 15 is 0 Å². The summed E-state index contributed by atoms with van der Waals surface area (Å²) in [6.45, 7) is 0.298. The Hall–Kier alpha value is -1.92. The molecule has 0 spiro atoms. The van der Waals surface area contributed by atoms with Crippen molar-refractivity contribution in [1.82, 2.24) is 4.98 Å². The van der Waals surface area contributed by atoms with Crippen LogP contribution in [0.4, 0.5) is 4.39 Å². The zero-order valence-corrected chi connectivity index (χ0v) is 10.2. The molecule has 0 amide bonds. The lowest BCUT2D eigenvalue weighted by Gasteiger charge is -2.09. The Balaban J connectivity index is 1.97. The lowest BCUT2D eigenvalue weighted by molar-refractivity contribution is 0.305. The first kappa shape index (κ1) is 13.5. The highest BCUT2D eigenvalue weighted by molar-refractivity contribution is 6.58. The molecule has 19 heavy (non-hydrogen) atoms. The van der Waals surface area contributed by atoms with Gasteiger partial charge in [0, 0.05) is 18.8 Å². The maximum Gasteiger partial charge on any atom is 0.488 e. The molecule has 0 saturated carbocycles. The van der Waals surface area contributed by atoms with Gasteiger partial charge < -0.3 is 14.8 Å². The third kappa shape index (κ3) is 3.77. The van der Waals surface area contributed by atoms with E-state index in [4.69, 9.17) is 14.8 Å². The van der Waals surface area contributed by atoms with Crippen LogP contribution in [0.3, 0.4) is 0 Å². The molecule has 2 N–H and O–H groups in total. The molecule has 0 radical (unpaired) electrons. The lowest BCUT2D eigenvalue weighted by Crippen LogP contribution is -2.29. The summed E-state index contributed by atoms with van der Waals surface area (Å²) in [5, 5.41) is 18.0. The fourth-order valence-corrected chi connectivity index (χ4v) is 1.62. The van der Waals surface area contributed by atoms with Gasteiger partial charge in [-0.15, -0.1) is 0 Å². The third-order valence-corrected chi connectivity index (χ3v) is 2.65. The molecule has 2 aromatic rings. The monoisotopic (exact) mass is 261 g/mol. The molecule has 0 aliphatic carbocycles. The smallest absolute Gasteiger partial charge is 0.488 e. The van der Waals surface area contributed by atoms with Crippen LogP contribution in [0.2, 0.25) is 0 Å². The average Bonchev–Trinajstić information content (AvgIpc) is 2.42. The van der Waals surface area contributed by atoms with Crippen LogP contribution >= 0.6 is 0 Å². The topological polar surface area (TPSA) is 62.6 Å². The van der Waals surface area contributed by atoms with Gasteiger partial charge >= 0.3 is 7.12 Å². The summed E-state index contributed by atoms with van der Waals surface area (Å²) in [4.78, 5) is 3.90. The van der Waals surface area contributed by atoms with Gasteiger partial charge in [-0.1, -0.05) is 6.07 Å². The Labute approximate surface area is 110 Å². The van der Waals surface area contributed by atoms with E-state index in [-0.39, 0.29) is 11.2 Å². The molecular formula is C13H13BFNO3. The summed E-state index contributed by atoms with van der Waals surface area (Å²) >= 11 is 0. The van der Waals surface area contributed by atoms with E-state index in [1.807, 2.05) is 12.1 Å². The normalized spacial score (nSPS) is 10.3. The van der Waals surface area contributed by atoms with Crippen molar-refractivity contribution in [1.29, 1.82) is 0 Å². The molecule has 6 heteroatoms. The summed E-state index contributed by atoms with van der Waals surface area (Å²) in [5.41, 5.74) is 1.23. The van der Waals surface area contributed by atoms with E-state index in [0.29, 0.717) is 13.0 Å². The second-order valence-electron chi connectivity index (χ2n) is 4.02. The Morgan fingerprint density at radius 1 is 1.16 bits per heavy atom. The van der Waals surface area contributed by atoms with Crippen LogP contribution in [0.5, 0.6) is 5.75 Å². The second kappa shape index (κ2) is 6.31. The Morgan fingerprint density at radius 3 is 2.58 bits per heavy atom. The van der Waals surface area contributed by atoms with Crippen LogP contribution in [-0.4, -0.2) is 28.8 Å². The number of pyridine rings is 1. The number of aromatic nitrogens is 1. The molecule has 2 rings (SSSR count). The fraction of sp³-hybridized carbons (Fsp3) is 0.154. The Kier molecular flexibility index (Phi) is 4.49. The van der Waals surface area contributed by atoms with Crippen molar-refractivity contribution >= 4 is 12.6 Å². The van der Waals surface area contributed by atoms with Crippen molar-refractivity contribution < 1.29 is 19.2 Å². The molecule has 98 valence electrons. The first-order chi connectivity index (χ1) is 9.16. The Bertz CT molecular complexity index is 537. The van der Waals surface area contributed by atoms with Crippen LogP contribution in [0, 0.1) is 5.82 Å². The summed E-state index contributed by atoms with van der Waals surface area (Å²) in [7, 11) is -1.64. The minimum Gasteiger partial charge on any atom is -0.490 e. The first-order valence-electron chi connectivity index (χ1n) is 5.84. The number of halogens is 1. The highest BCUT2D eigenvalue weighted by Crippen LogP contribution is 2.15. The van der Waals surface area contributed by atoms with Crippen LogP contribution in [0.15, 0.2) is 42.7 Å². The van der Waals surface area contributed by atoms with Crippen LogP contribution in [-0.2, 0) is 6.42 Å². The molecule has 0 aliphatic rings. The van der Waals surface area contributed by atoms with Crippen molar-refractivity contribution in [2.45, 2.75) is 6.42 Å². The SMILES string of the molecule is OB(O)c1ccc(F)c(OCCc2ccncc2)c1. The van der Waals surface area contributed by atoms with Gasteiger partial charge in [0.25, 0.3) is 0 Å². The molecule has 1 aromatic heterocycles. The van der Waals surface area contributed by atoms with E-state index in [1.165, 1.54) is 12.1 Å². The fourth-order valence-electron chi connectivity index (χ4n) is 1.62. The second-order valence-corrected chi connectivity index (χ2v) is 4.02. The number of benzene rings is 1. The molecule has 0 fully saturated rings. The Morgan fingerprint density at radius 2 is 1.89 bits per heavy atom. The summed E-state index contributed by atoms with van der Waals surface area (Å²) in [5.74, 6) is -0.515. The van der Waals surface area contributed by atoms with E-state index < -0.39 is 12.9 Å². The quantitative estimate of drug-likeness (QED) is 0.770. The van der Waals surface area contributed by atoms with Gasteiger partial charge in [0.15, 0.2) is 11.6 Å². The number of nitrogens with zero attached hydrogens (tertiary/aromatic N) is 1. The number of hydrogen-bond acceptors (Lipinski definition) is 4.